The van der Waals surface area contributed by atoms with Crippen LogP contribution in [0.1, 0.15) is 91.3 Å². The molecule has 0 bridgehead atoms. The minimum absolute atomic E-state index is 0.189. The van der Waals surface area contributed by atoms with E-state index >= 15 is 0 Å². The second-order valence-electron chi connectivity index (χ2n) is 14.2. The number of esters is 3. The molecule has 4 aromatic rings. The minimum atomic E-state index is -4.48. The van der Waals surface area contributed by atoms with Gasteiger partial charge in [0.1, 0.15) is 18.8 Å². The largest absolute Gasteiger partial charge is 0.463 e. The standard InChI is InChI=1S/C44H44F3NO7/c45-44(46,47)33-24-22-31(23-25-33)37-18-10-11-19-38(37)40(50)48-34-26-20-30(21-27-34)28-39(49)53-29-43(32-12-4-1-5-13-32,41(51)54-35-14-6-2-7-15-35)42(52)55-36-16-8-3-9-17-36/h1,4-5,10-13,18-27,35-36H,2-3,6-9,14-17,28-29H2,(H,48,50). The first-order valence-electron chi connectivity index (χ1n) is 18.8. The van der Waals surface area contributed by atoms with E-state index in [9.17, 15) is 32.3 Å². The number of hydrogen-bond acceptors (Lipinski definition) is 7. The van der Waals surface area contributed by atoms with Crippen molar-refractivity contribution in [3.8, 4) is 11.1 Å². The Morgan fingerprint density at radius 3 is 1.73 bits per heavy atom. The van der Waals surface area contributed by atoms with Crippen molar-refractivity contribution < 1.29 is 46.6 Å². The molecule has 2 aliphatic rings. The summed E-state index contributed by atoms with van der Waals surface area (Å²) in [6, 6.07) is 26.2. The molecule has 11 heteroatoms. The molecule has 4 aromatic carbocycles. The van der Waals surface area contributed by atoms with E-state index in [1.807, 2.05) is 0 Å². The number of nitrogens with one attached hydrogen (secondary N) is 1. The van der Waals surface area contributed by atoms with Crippen LogP contribution in [0.3, 0.4) is 0 Å². The summed E-state index contributed by atoms with van der Waals surface area (Å²) < 4.78 is 57.0. The summed E-state index contributed by atoms with van der Waals surface area (Å²) in [5.41, 5.74) is -0.330. The number of halogens is 3. The molecule has 2 fully saturated rings. The van der Waals surface area contributed by atoms with E-state index in [1.54, 1.807) is 78.9 Å². The fourth-order valence-corrected chi connectivity index (χ4v) is 7.20. The van der Waals surface area contributed by atoms with Crippen LogP contribution in [0, 0.1) is 0 Å². The molecule has 1 N–H and O–H groups in total. The van der Waals surface area contributed by atoms with Crippen molar-refractivity contribution >= 4 is 29.5 Å². The molecule has 288 valence electrons. The molecule has 8 nitrogen and oxygen atoms in total. The van der Waals surface area contributed by atoms with Crippen LogP contribution in [-0.2, 0) is 46.6 Å². The Kier molecular flexibility index (Phi) is 12.7. The van der Waals surface area contributed by atoms with Crippen LogP contribution in [0.4, 0.5) is 18.9 Å². The van der Waals surface area contributed by atoms with Gasteiger partial charge in [-0.25, -0.2) is 0 Å². The van der Waals surface area contributed by atoms with Crippen LogP contribution in [-0.4, -0.2) is 42.6 Å². The van der Waals surface area contributed by atoms with E-state index in [0.29, 0.717) is 53.6 Å². The number of carbonyl (C=O) groups is 4. The topological polar surface area (TPSA) is 108 Å². The van der Waals surface area contributed by atoms with Gasteiger partial charge in [0.2, 0.25) is 5.41 Å². The fourth-order valence-electron chi connectivity index (χ4n) is 7.20. The Bertz CT molecular complexity index is 1900. The van der Waals surface area contributed by atoms with E-state index in [2.05, 4.69) is 5.32 Å². The summed E-state index contributed by atoms with van der Waals surface area (Å²) in [5.74, 6) is -2.74. The smallest absolute Gasteiger partial charge is 0.416 e. The Labute approximate surface area is 318 Å². The molecule has 0 spiro atoms. The molecule has 6 rings (SSSR count). The number of benzene rings is 4. The second-order valence-corrected chi connectivity index (χ2v) is 14.2. The van der Waals surface area contributed by atoms with Crippen LogP contribution in [0.2, 0.25) is 0 Å². The normalized spacial score (nSPS) is 15.5. The predicted molar refractivity (Wildman–Crippen MR) is 200 cm³/mol. The first-order chi connectivity index (χ1) is 26.5. The maximum Gasteiger partial charge on any atom is 0.416 e. The quantitative estimate of drug-likeness (QED) is 0.0872. The third-order valence-electron chi connectivity index (χ3n) is 10.3. The molecule has 0 radical (unpaired) electrons. The molecule has 0 saturated heterocycles. The highest BCUT2D eigenvalue weighted by Crippen LogP contribution is 2.35. The Morgan fingerprint density at radius 1 is 0.618 bits per heavy atom. The highest BCUT2D eigenvalue weighted by molar-refractivity contribution is 6.09. The molecule has 55 heavy (non-hydrogen) atoms. The summed E-state index contributed by atoms with van der Waals surface area (Å²) >= 11 is 0. The molecule has 2 saturated carbocycles. The lowest BCUT2D eigenvalue weighted by molar-refractivity contribution is -0.177. The lowest BCUT2D eigenvalue weighted by Crippen LogP contribution is -2.52. The monoisotopic (exact) mass is 755 g/mol. The number of alkyl halides is 3. The number of carbonyl (C=O) groups excluding carboxylic acids is 4. The van der Waals surface area contributed by atoms with Crippen LogP contribution < -0.4 is 5.32 Å². The molecule has 2 aliphatic carbocycles. The maximum atomic E-state index is 14.2. The summed E-state index contributed by atoms with van der Waals surface area (Å²) in [4.78, 5) is 55.0. The summed E-state index contributed by atoms with van der Waals surface area (Å²) in [7, 11) is 0. The lowest BCUT2D eigenvalue weighted by Gasteiger charge is -2.34. The van der Waals surface area contributed by atoms with Gasteiger partial charge in [-0.1, -0.05) is 85.6 Å². The van der Waals surface area contributed by atoms with Gasteiger partial charge in [0.05, 0.1) is 12.0 Å². The van der Waals surface area contributed by atoms with Crippen molar-refractivity contribution in [1.29, 1.82) is 0 Å². The van der Waals surface area contributed by atoms with Gasteiger partial charge < -0.3 is 19.5 Å². The zero-order valence-electron chi connectivity index (χ0n) is 30.4. The molecular formula is C44H44F3NO7. The van der Waals surface area contributed by atoms with Crippen molar-refractivity contribution in [2.75, 3.05) is 11.9 Å². The molecular weight excluding hydrogens is 711 g/mol. The number of rotatable bonds is 12. The lowest BCUT2D eigenvalue weighted by atomic mass is 9.80. The Morgan fingerprint density at radius 2 is 1.16 bits per heavy atom. The molecule has 0 heterocycles. The average Bonchev–Trinajstić information content (AvgIpc) is 3.20. The van der Waals surface area contributed by atoms with Gasteiger partial charge in [-0.15, -0.1) is 0 Å². The first-order valence-corrected chi connectivity index (χ1v) is 18.8. The van der Waals surface area contributed by atoms with E-state index in [0.717, 1.165) is 50.7 Å². The van der Waals surface area contributed by atoms with Gasteiger partial charge in [-0.05, 0) is 104 Å². The van der Waals surface area contributed by atoms with Crippen molar-refractivity contribution in [3.63, 3.8) is 0 Å². The summed E-state index contributed by atoms with van der Waals surface area (Å²) in [6.45, 7) is -0.598. The van der Waals surface area contributed by atoms with Crippen molar-refractivity contribution in [2.45, 2.75) is 94.4 Å². The van der Waals surface area contributed by atoms with E-state index < -0.39 is 47.6 Å². The maximum absolute atomic E-state index is 14.2. The van der Waals surface area contributed by atoms with Gasteiger partial charge in [-0.3, -0.25) is 19.2 Å². The molecule has 0 unspecified atom stereocenters. The molecule has 0 atom stereocenters. The Hall–Kier alpha value is -5.45. The Balaban J connectivity index is 1.14. The van der Waals surface area contributed by atoms with Gasteiger partial charge in [0.15, 0.2) is 0 Å². The van der Waals surface area contributed by atoms with Crippen molar-refractivity contribution in [3.05, 3.63) is 125 Å². The van der Waals surface area contributed by atoms with Crippen molar-refractivity contribution in [1.82, 2.24) is 0 Å². The van der Waals surface area contributed by atoms with Crippen LogP contribution in [0.5, 0.6) is 0 Å². The molecule has 0 aromatic heterocycles. The van der Waals surface area contributed by atoms with Gasteiger partial charge in [-0.2, -0.15) is 13.2 Å². The third kappa shape index (κ3) is 9.81. The van der Waals surface area contributed by atoms with Gasteiger partial charge >= 0.3 is 24.1 Å². The van der Waals surface area contributed by atoms with Crippen LogP contribution in [0.15, 0.2) is 103 Å². The summed E-state index contributed by atoms with van der Waals surface area (Å²) in [5, 5.41) is 2.80. The fraction of sp³-hybridized carbons (Fsp3) is 0.364. The third-order valence-corrected chi connectivity index (χ3v) is 10.3. The average molecular weight is 756 g/mol. The number of hydrogen-bond donors (Lipinski definition) is 1. The second kappa shape index (κ2) is 17.8. The zero-order chi connectivity index (χ0) is 38.8. The van der Waals surface area contributed by atoms with E-state index in [4.69, 9.17) is 14.2 Å². The highest BCUT2D eigenvalue weighted by Gasteiger charge is 2.53. The number of anilines is 1. The number of amides is 1. The van der Waals surface area contributed by atoms with Crippen LogP contribution in [0.25, 0.3) is 11.1 Å². The van der Waals surface area contributed by atoms with Gasteiger partial charge in [0.25, 0.3) is 5.91 Å². The zero-order valence-corrected chi connectivity index (χ0v) is 30.4. The summed E-state index contributed by atoms with van der Waals surface area (Å²) in [6.07, 6.45) is 3.15. The van der Waals surface area contributed by atoms with E-state index in [1.165, 1.54) is 12.1 Å². The highest BCUT2D eigenvalue weighted by atomic mass is 19.4. The van der Waals surface area contributed by atoms with E-state index in [-0.39, 0.29) is 24.2 Å². The molecule has 0 aliphatic heterocycles. The number of ether oxygens (including phenoxy) is 3. The SMILES string of the molecule is O=C(Cc1ccc(NC(=O)c2ccccc2-c2ccc(C(F)(F)F)cc2)cc1)OCC(C(=O)OC1CCCCC1)(C(=O)OC1CCCCC1)c1ccccc1. The van der Waals surface area contributed by atoms with Crippen molar-refractivity contribution in [2.24, 2.45) is 0 Å². The van der Waals surface area contributed by atoms with Crippen LogP contribution >= 0.6 is 0 Å². The van der Waals surface area contributed by atoms with Gasteiger partial charge in [0, 0.05) is 11.3 Å². The molecule has 1 amide bonds. The minimum Gasteiger partial charge on any atom is -0.463 e. The first kappa shape index (κ1) is 39.2. The predicted octanol–water partition coefficient (Wildman–Crippen LogP) is 9.40.